The Hall–Kier alpha value is -4.49. The molecule has 11 nitrogen and oxygen atoms in total. The SMILES string of the molecule is CCCCc1nn(-c2cc(NC(C)=O)ccc2Cl)c(=O)n1Cc1ccc(-c2ccccc2S(=O)(=O)NC(=O)OCC)cc1F. The summed E-state index contributed by atoms with van der Waals surface area (Å²) in [6.45, 7) is 4.71. The van der Waals surface area contributed by atoms with Gasteiger partial charge in [0.2, 0.25) is 5.91 Å². The number of halogens is 2. The van der Waals surface area contributed by atoms with Crippen molar-refractivity contribution in [1.29, 1.82) is 0 Å². The van der Waals surface area contributed by atoms with Gasteiger partial charge in [0.05, 0.1) is 28.8 Å². The van der Waals surface area contributed by atoms with Crippen molar-refractivity contribution in [2.45, 2.75) is 51.5 Å². The third-order valence-electron chi connectivity index (χ3n) is 6.55. The standard InChI is InChI=1S/C30H31ClFN5O6S/c1-4-6-11-28-34-37(26-17-22(33-19(3)38)14-15-24(26)31)30(40)36(28)18-21-13-12-20(16-25(21)32)23-9-7-8-10-27(23)44(41,42)35-29(39)43-5-2/h7-10,12-17H,4-6,11,18H2,1-3H3,(H,33,38)(H,35,39). The minimum atomic E-state index is -4.33. The number of aromatic nitrogens is 3. The molecule has 1 aromatic heterocycles. The van der Waals surface area contributed by atoms with Crippen molar-refractivity contribution in [2.24, 2.45) is 0 Å². The van der Waals surface area contributed by atoms with E-state index in [4.69, 9.17) is 11.6 Å². The molecule has 0 unspecified atom stereocenters. The fraction of sp³-hybridized carbons (Fsp3) is 0.267. The minimum Gasteiger partial charge on any atom is -0.449 e. The maximum absolute atomic E-state index is 15.6. The molecule has 0 saturated heterocycles. The molecule has 2 N–H and O–H groups in total. The van der Waals surface area contributed by atoms with Crippen LogP contribution in [0.3, 0.4) is 0 Å². The Labute approximate surface area is 258 Å². The van der Waals surface area contributed by atoms with E-state index in [0.29, 0.717) is 17.9 Å². The Kier molecular flexibility index (Phi) is 10.2. The largest absolute Gasteiger partial charge is 0.449 e. The monoisotopic (exact) mass is 643 g/mol. The first-order valence-electron chi connectivity index (χ1n) is 13.8. The number of rotatable bonds is 11. The van der Waals surface area contributed by atoms with Gasteiger partial charge in [0.1, 0.15) is 11.6 Å². The van der Waals surface area contributed by atoms with Crippen LogP contribution in [-0.4, -0.2) is 41.4 Å². The number of carbonyl (C=O) groups is 2. The molecule has 4 rings (SSSR count). The van der Waals surface area contributed by atoms with Crippen LogP contribution >= 0.6 is 11.6 Å². The maximum Gasteiger partial charge on any atom is 0.421 e. The van der Waals surface area contributed by atoms with Gasteiger partial charge in [0, 0.05) is 30.2 Å². The Morgan fingerprint density at radius 3 is 2.50 bits per heavy atom. The number of hydrogen-bond donors (Lipinski definition) is 2. The van der Waals surface area contributed by atoms with E-state index in [9.17, 15) is 22.8 Å². The molecule has 3 aromatic carbocycles. The van der Waals surface area contributed by atoms with Gasteiger partial charge in [-0.15, -0.1) is 5.10 Å². The Morgan fingerprint density at radius 1 is 1.07 bits per heavy atom. The molecule has 4 aromatic rings. The van der Waals surface area contributed by atoms with E-state index in [1.165, 1.54) is 66.9 Å². The van der Waals surface area contributed by atoms with Crippen LogP contribution in [0.1, 0.15) is 45.0 Å². The second kappa shape index (κ2) is 13.9. The average Bonchev–Trinajstić information content (AvgIpc) is 3.27. The quantitative estimate of drug-likeness (QED) is 0.227. The number of ether oxygens (including phenoxy) is 1. The normalized spacial score (nSPS) is 11.3. The topological polar surface area (TPSA) is 141 Å². The van der Waals surface area contributed by atoms with Gasteiger partial charge in [-0.3, -0.25) is 9.36 Å². The van der Waals surface area contributed by atoms with Crippen LogP contribution in [0.25, 0.3) is 16.8 Å². The lowest BCUT2D eigenvalue weighted by Crippen LogP contribution is -2.31. The van der Waals surface area contributed by atoms with Crippen LogP contribution in [0.5, 0.6) is 0 Å². The Bertz CT molecular complexity index is 1870. The molecule has 0 aliphatic heterocycles. The summed E-state index contributed by atoms with van der Waals surface area (Å²) in [6.07, 6.45) is 0.871. The number of anilines is 1. The van der Waals surface area contributed by atoms with Crippen molar-refractivity contribution in [1.82, 2.24) is 19.1 Å². The first-order chi connectivity index (χ1) is 20.9. The number of carbonyl (C=O) groups excluding carboxylic acids is 2. The maximum atomic E-state index is 15.6. The summed E-state index contributed by atoms with van der Waals surface area (Å²) in [5, 5.41) is 7.38. The molecule has 0 fully saturated rings. The van der Waals surface area contributed by atoms with Gasteiger partial charge in [-0.25, -0.2) is 27.1 Å². The van der Waals surface area contributed by atoms with Gasteiger partial charge in [-0.1, -0.05) is 55.3 Å². The van der Waals surface area contributed by atoms with Gasteiger partial charge in [0.25, 0.3) is 10.0 Å². The summed E-state index contributed by atoms with van der Waals surface area (Å²) in [6, 6.07) is 14.7. The van der Waals surface area contributed by atoms with Crippen molar-refractivity contribution in [3.05, 3.63) is 93.4 Å². The molecule has 1 heterocycles. The van der Waals surface area contributed by atoms with E-state index >= 15 is 4.39 Å². The zero-order chi connectivity index (χ0) is 32.0. The number of hydrogen-bond acceptors (Lipinski definition) is 7. The van der Waals surface area contributed by atoms with Gasteiger partial charge >= 0.3 is 11.8 Å². The van der Waals surface area contributed by atoms with Crippen molar-refractivity contribution >= 4 is 39.3 Å². The van der Waals surface area contributed by atoms with Gasteiger partial charge < -0.3 is 10.1 Å². The van der Waals surface area contributed by atoms with Crippen LogP contribution in [0.2, 0.25) is 5.02 Å². The first kappa shape index (κ1) is 32.4. The highest BCUT2D eigenvalue weighted by Crippen LogP contribution is 2.29. The Balaban J connectivity index is 1.72. The lowest BCUT2D eigenvalue weighted by Gasteiger charge is -2.13. The van der Waals surface area contributed by atoms with E-state index in [2.05, 4.69) is 15.2 Å². The first-order valence-corrected chi connectivity index (χ1v) is 15.6. The second-order valence-corrected chi connectivity index (χ2v) is 11.8. The van der Waals surface area contributed by atoms with Crippen LogP contribution in [0.4, 0.5) is 14.9 Å². The van der Waals surface area contributed by atoms with Crippen LogP contribution in [0.15, 0.2) is 70.4 Å². The lowest BCUT2D eigenvalue weighted by molar-refractivity contribution is -0.114. The van der Waals surface area contributed by atoms with Gasteiger partial charge in [-0.05, 0) is 49.2 Å². The summed E-state index contributed by atoms with van der Waals surface area (Å²) < 4.78 is 50.4. The third kappa shape index (κ3) is 7.34. The fourth-order valence-corrected chi connectivity index (χ4v) is 5.83. The van der Waals surface area contributed by atoms with E-state index < -0.39 is 27.6 Å². The van der Waals surface area contributed by atoms with Crippen molar-refractivity contribution in [2.75, 3.05) is 11.9 Å². The lowest BCUT2D eigenvalue weighted by atomic mass is 10.0. The summed E-state index contributed by atoms with van der Waals surface area (Å²) in [4.78, 5) is 36.7. The molecule has 0 spiro atoms. The Morgan fingerprint density at radius 2 is 1.82 bits per heavy atom. The van der Waals surface area contributed by atoms with Crippen molar-refractivity contribution in [3.8, 4) is 16.8 Å². The molecule has 0 aliphatic rings. The van der Waals surface area contributed by atoms with Crippen molar-refractivity contribution in [3.63, 3.8) is 0 Å². The van der Waals surface area contributed by atoms with E-state index in [-0.39, 0.29) is 51.4 Å². The number of benzene rings is 3. The van der Waals surface area contributed by atoms with E-state index in [1.54, 1.807) is 12.1 Å². The summed E-state index contributed by atoms with van der Waals surface area (Å²) >= 11 is 6.40. The minimum absolute atomic E-state index is 0.0195. The number of nitrogens with zero attached hydrogens (tertiary/aromatic N) is 3. The molecule has 232 valence electrons. The fourth-order valence-electron chi connectivity index (χ4n) is 4.51. The molecule has 0 atom stereocenters. The third-order valence-corrected chi connectivity index (χ3v) is 8.24. The molecular weight excluding hydrogens is 613 g/mol. The zero-order valence-electron chi connectivity index (χ0n) is 24.3. The van der Waals surface area contributed by atoms with E-state index in [1.807, 2.05) is 11.6 Å². The van der Waals surface area contributed by atoms with Gasteiger partial charge in [0.15, 0.2) is 0 Å². The highest BCUT2D eigenvalue weighted by Gasteiger charge is 2.23. The predicted molar refractivity (Wildman–Crippen MR) is 164 cm³/mol. The summed E-state index contributed by atoms with van der Waals surface area (Å²) in [7, 11) is -4.33. The zero-order valence-corrected chi connectivity index (χ0v) is 25.8. The number of nitrogens with one attached hydrogen (secondary N) is 2. The van der Waals surface area contributed by atoms with E-state index in [0.717, 1.165) is 17.5 Å². The number of aryl methyl sites for hydroxylation is 1. The number of unbranched alkanes of at least 4 members (excludes halogenated alkanes) is 1. The molecule has 14 heteroatoms. The van der Waals surface area contributed by atoms with Crippen LogP contribution in [0, 0.1) is 5.82 Å². The molecule has 0 aliphatic carbocycles. The van der Waals surface area contributed by atoms with Crippen molar-refractivity contribution < 1.29 is 27.1 Å². The highest BCUT2D eigenvalue weighted by atomic mass is 35.5. The van der Waals surface area contributed by atoms with Crippen LogP contribution < -0.4 is 15.7 Å². The highest BCUT2D eigenvalue weighted by molar-refractivity contribution is 7.90. The van der Waals surface area contributed by atoms with Crippen LogP contribution in [-0.2, 0) is 32.5 Å². The molecule has 2 amide bonds. The number of amides is 2. The average molecular weight is 644 g/mol. The predicted octanol–water partition coefficient (Wildman–Crippen LogP) is 5.28. The molecule has 44 heavy (non-hydrogen) atoms. The molecule has 0 bridgehead atoms. The summed E-state index contributed by atoms with van der Waals surface area (Å²) in [5.74, 6) is -0.558. The number of sulfonamides is 1. The molecule has 0 saturated carbocycles. The second-order valence-electron chi connectivity index (χ2n) is 9.78. The molecular formula is C30H31ClFN5O6S. The summed E-state index contributed by atoms with van der Waals surface area (Å²) in [5.41, 5.74) is 0.697. The molecule has 0 radical (unpaired) electrons. The van der Waals surface area contributed by atoms with Gasteiger partial charge in [-0.2, -0.15) is 4.68 Å². The smallest absolute Gasteiger partial charge is 0.421 e.